The van der Waals surface area contributed by atoms with Gasteiger partial charge in [0.1, 0.15) is 5.75 Å². The fraction of sp³-hybridized carbons (Fsp3) is 0.333. The number of aromatic hydroxyl groups is 2. The highest BCUT2D eigenvalue weighted by Gasteiger charge is 2.17. The smallest absolute Gasteiger partial charge is 0.160 e. The zero-order valence-corrected chi connectivity index (χ0v) is 13.2. The third-order valence-electron chi connectivity index (χ3n) is 4.09. The van der Waals surface area contributed by atoms with Crippen LogP contribution in [-0.2, 0) is 0 Å². The van der Waals surface area contributed by atoms with Crippen LogP contribution >= 0.6 is 0 Å². The summed E-state index contributed by atoms with van der Waals surface area (Å²) in [5.41, 5.74) is 5.15. The van der Waals surface area contributed by atoms with Crippen LogP contribution in [0, 0.1) is 20.8 Å². The normalized spacial score (nSPS) is 12.2. The highest BCUT2D eigenvalue weighted by Crippen LogP contribution is 2.37. The molecule has 2 aromatic rings. The molecule has 0 saturated carbocycles. The van der Waals surface area contributed by atoms with Gasteiger partial charge in [-0.15, -0.1) is 0 Å². The third kappa shape index (κ3) is 2.82. The first-order valence-electron chi connectivity index (χ1n) is 7.02. The van der Waals surface area contributed by atoms with Gasteiger partial charge in [-0.1, -0.05) is 13.0 Å². The van der Waals surface area contributed by atoms with Gasteiger partial charge in [-0.25, -0.2) is 0 Å². The standard InChI is InChI=1S/C18H22O3/c1-10-6-12(3)16(19)8-14(10)13(4)15-9-17(20)18(21-5)7-11(15)2/h6-9,13,19-20H,1-5H3. The molecular formula is C18H22O3. The van der Waals surface area contributed by atoms with Crippen molar-refractivity contribution in [2.24, 2.45) is 0 Å². The van der Waals surface area contributed by atoms with Crippen LogP contribution in [0.3, 0.4) is 0 Å². The lowest BCUT2D eigenvalue weighted by Crippen LogP contribution is -2.02. The van der Waals surface area contributed by atoms with Crippen LogP contribution in [0.25, 0.3) is 0 Å². The maximum absolute atomic E-state index is 10.0. The Kier molecular flexibility index (Phi) is 4.12. The quantitative estimate of drug-likeness (QED) is 0.889. The molecule has 2 N–H and O–H groups in total. The summed E-state index contributed by atoms with van der Waals surface area (Å²) in [6, 6.07) is 7.38. The van der Waals surface area contributed by atoms with E-state index in [1.54, 1.807) is 13.2 Å². The number of methoxy groups -OCH3 is 1. The number of aryl methyl sites for hydroxylation is 3. The molecule has 0 aliphatic carbocycles. The van der Waals surface area contributed by atoms with Crippen molar-refractivity contribution in [2.45, 2.75) is 33.6 Å². The Morgan fingerprint density at radius 1 is 0.810 bits per heavy atom. The van der Waals surface area contributed by atoms with E-state index < -0.39 is 0 Å². The van der Waals surface area contributed by atoms with Gasteiger partial charge in [0.15, 0.2) is 11.5 Å². The maximum Gasteiger partial charge on any atom is 0.160 e. The van der Waals surface area contributed by atoms with E-state index in [1.807, 2.05) is 39.0 Å². The van der Waals surface area contributed by atoms with Gasteiger partial charge in [0, 0.05) is 5.92 Å². The second-order valence-corrected chi connectivity index (χ2v) is 5.60. The van der Waals surface area contributed by atoms with E-state index in [1.165, 1.54) is 0 Å². The van der Waals surface area contributed by atoms with Crippen molar-refractivity contribution in [1.82, 2.24) is 0 Å². The first-order valence-corrected chi connectivity index (χ1v) is 7.02. The summed E-state index contributed by atoms with van der Waals surface area (Å²) in [7, 11) is 1.54. The van der Waals surface area contributed by atoms with Crippen LogP contribution in [0.2, 0.25) is 0 Å². The van der Waals surface area contributed by atoms with Gasteiger partial charge in [-0.2, -0.15) is 0 Å². The second kappa shape index (κ2) is 5.68. The molecule has 0 spiro atoms. The minimum atomic E-state index is 0.0771. The molecule has 0 saturated heterocycles. The molecular weight excluding hydrogens is 264 g/mol. The molecule has 112 valence electrons. The minimum Gasteiger partial charge on any atom is -0.508 e. The molecule has 1 atom stereocenters. The summed E-state index contributed by atoms with van der Waals surface area (Å²) >= 11 is 0. The van der Waals surface area contributed by atoms with Gasteiger partial charge in [0.25, 0.3) is 0 Å². The topological polar surface area (TPSA) is 49.7 Å². The Balaban J connectivity index is 2.52. The Morgan fingerprint density at radius 2 is 1.33 bits per heavy atom. The summed E-state index contributed by atoms with van der Waals surface area (Å²) in [6.45, 7) is 8.00. The van der Waals surface area contributed by atoms with Crippen molar-refractivity contribution >= 4 is 0 Å². The van der Waals surface area contributed by atoms with Crippen LogP contribution in [0.4, 0.5) is 0 Å². The Bertz CT molecular complexity index is 675. The van der Waals surface area contributed by atoms with E-state index in [-0.39, 0.29) is 11.7 Å². The second-order valence-electron chi connectivity index (χ2n) is 5.60. The van der Waals surface area contributed by atoms with Gasteiger partial charge in [0.05, 0.1) is 7.11 Å². The van der Waals surface area contributed by atoms with E-state index in [0.717, 1.165) is 27.8 Å². The predicted molar refractivity (Wildman–Crippen MR) is 84.5 cm³/mol. The van der Waals surface area contributed by atoms with Crippen molar-refractivity contribution in [3.05, 3.63) is 52.1 Å². The Morgan fingerprint density at radius 3 is 1.90 bits per heavy atom. The number of phenolic OH excluding ortho intramolecular Hbond substituents is 2. The minimum absolute atomic E-state index is 0.0771. The van der Waals surface area contributed by atoms with Gasteiger partial charge >= 0.3 is 0 Å². The van der Waals surface area contributed by atoms with Crippen molar-refractivity contribution in [3.8, 4) is 17.2 Å². The maximum atomic E-state index is 10.0. The molecule has 0 heterocycles. The first kappa shape index (κ1) is 15.2. The fourth-order valence-corrected chi connectivity index (χ4v) is 2.81. The molecule has 0 aliphatic heterocycles. The van der Waals surface area contributed by atoms with Gasteiger partial charge in [0.2, 0.25) is 0 Å². The number of rotatable bonds is 3. The molecule has 0 aromatic heterocycles. The molecule has 21 heavy (non-hydrogen) atoms. The SMILES string of the molecule is COc1cc(C)c(C(C)c2cc(O)c(C)cc2C)cc1O. The molecule has 2 rings (SSSR count). The van der Waals surface area contributed by atoms with E-state index in [4.69, 9.17) is 4.74 Å². The largest absolute Gasteiger partial charge is 0.508 e. The van der Waals surface area contributed by atoms with E-state index >= 15 is 0 Å². The van der Waals surface area contributed by atoms with Gasteiger partial charge < -0.3 is 14.9 Å². The van der Waals surface area contributed by atoms with Crippen LogP contribution < -0.4 is 4.74 Å². The Labute approximate surface area is 125 Å². The number of hydrogen-bond acceptors (Lipinski definition) is 3. The zero-order valence-electron chi connectivity index (χ0n) is 13.2. The van der Waals surface area contributed by atoms with E-state index in [2.05, 4.69) is 6.92 Å². The van der Waals surface area contributed by atoms with Crippen LogP contribution in [-0.4, -0.2) is 17.3 Å². The van der Waals surface area contributed by atoms with E-state index in [9.17, 15) is 10.2 Å². The number of hydrogen-bond donors (Lipinski definition) is 2. The monoisotopic (exact) mass is 286 g/mol. The highest BCUT2D eigenvalue weighted by atomic mass is 16.5. The number of benzene rings is 2. The molecule has 0 fully saturated rings. The number of phenols is 2. The fourth-order valence-electron chi connectivity index (χ4n) is 2.81. The van der Waals surface area contributed by atoms with Crippen molar-refractivity contribution in [2.75, 3.05) is 7.11 Å². The molecule has 3 nitrogen and oxygen atoms in total. The number of ether oxygens (including phenoxy) is 1. The molecule has 3 heteroatoms. The Hall–Kier alpha value is -2.16. The van der Waals surface area contributed by atoms with Gasteiger partial charge in [-0.3, -0.25) is 0 Å². The summed E-state index contributed by atoms with van der Waals surface area (Å²) < 4.78 is 5.13. The van der Waals surface area contributed by atoms with Crippen molar-refractivity contribution in [1.29, 1.82) is 0 Å². The van der Waals surface area contributed by atoms with Crippen molar-refractivity contribution in [3.63, 3.8) is 0 Å². The molecule has 0 aliphatic rings. The summed E-state index contributed by atoms with van der Waals surface area (Å²) in [5, 5.41) is 20.0. The van der Waals surface area contributed by atoms with Crippen LogP contribution in [0.15, 0.2) is 24.3 Å². The van der Waals surface area contributed by atoms with Gasteiger partial charge in [-0.05, 0) is 66.8 Å². The van der Waals surface area contributed by atoms with Crippen LogP contribution in [0.1, 0.15) is 40.7 Å². The molecule has 0 radical (unpaired) electrons. The summed E-state index contributed by atoms with van der Waals surface area (Å²) in [5.74, 6) is 0.997. The lowest BCUT2D eigenvalue weighted by Gasteiger charge is -2.20. The third-order valence-corrected chi connectivity index (χ3v) is 4.09. The lowest BCUT2D eigenvalue weighted by molar-refractivity contribution is 0.372. The van der Waals surface area contributed by atoms with Crippen LogP contribution in [0.5, 0.6) is 17.2 Å². The highest BCUT2D eigenvalue weighted by molar-refractivity contribution is 5.51. The van der Waals surface area contributed by atoms with Crippen molar-refractivity contribution < 1.29 is 14.9 Å². The predicted octanol–water partition coefficient (Wildman–Crippen LogP) is 4.18. The summed E-state index contributed by atoms with van der Waals surface area (Å²) in [4.78, 5) is 0. The molecule has 1 unspecified atom stereocenters. The zero-order chi connectivity index (χ0) is 15.7. The molecule has 0 bridgehead atoms. The average Bonchev–Trinajstić information content (AvgIpc) is 2.44. The molecule has 0 amide bonds. The molecule has 2 aromatic carbocycles. The van der Waals surface area contributed by atoms with E-state index in [0.29, 0.717) is 11.5 Å². The first-order chi connectivity index (χ1) is 9.85. The lowest BCUT2D eigenvalue weighted by atomic mass is 9.86. The average molecular weight is 286 g/mol. The summed E-state index contributed by atoms with van der Waals surface area (Å²) in [6.07, 6.45) is 0.